The molecule has 0 unspecified atom stereocenters. The van der Waals surface area contributed by atoms with Crippen LogP contribution in [-0.2, 0) is 19.5 Å². The molecule has 3 aromatic heterocycles. The number of anilines is 1. The molecule has 148 valence electrons. The van der Waals surface area contributed by atoms with Crippen molar-refractivity contribution in [2.24, 2.45) is 0 Å². The second-order valence-electron chi connectivity index (χ2n) is 7.11. The summed E-state index contributed by atoms with van der Waals surface area (Å²) in [6.45, 7) is 5.30. The van der Waals surface area contributed by atoms with Crippen LogP contribution in [0.15, 0.2) is 47.1 Å². The van der Waals surface area contributed by atoms with Crippen LogP contribution in [0.2, 0.25) is 5.02 Å². The molecule has 0 aliphatic rings. The summed E-state index contributed by atoms with van der Waals surface area (Å²) < 4.78 is 5.89. The molecule has 0 bridgehead atoms. The number of halogens is 1. The lowest BCUT2D eigenvalue weighted by Gasteiger charge is -2.10. The number of benzene rings is 1. The number of hydrogen-bond acceptors (Lipinski definition) is 6. The first-order valence-corrected chi connectivity index (χ1v) is 9.77. The Hall–Kier alpha value is -2.96. The van der Waals surface area contributed by atoms with Crippen molar-refractivity contribution in [3.8, 4) is 0 Å². The fraction of sp³-hybridized carbons (Fsp3) is 0.227. The number of nitrogen functional groups attached to an aromatic ring is 1. The second kappa shape index (κ2) is 8.19. The van der Waals surface area contributed by atoms with Crippen LogP contribution >= 0.6 is 11.6 Å². The van der Waals surface area contributed by atoms with E-state index in [0.29, 0.717) is 36.2 Å². The molecular weight excluding hydrogens is 386 g/mol. The normalized spacial score (nSPS) is 11.3. The number of rotatable bonds is 6. The van der Waals surface area contributed by atoms with Crippen LogP contribution in [0.3, 0.4) is 0 Å². The predicted octanol–water partition coefficient (Wildman–Crippen LogP) is 4.35. The SMILES string of the molecule is Cc1cc(N)nc(C)c1CNCc1cnc(Cc2ccc3ncc(Cl)cc3c2)o1. The molecule has 6 nitrogen and oxygen atoms in total. The Morgan fingerprint density at radius 3 is 2.76 bits per heavy atom. The van der Waals surface area contributed by atoms with Gasteiger partial charge in [-0.05, 0) is 54.8 Å². The zero-order valence-electron chi connectivity index (χ0n) is 16.4. The van der Waals surface area contributed by atoms with E-state index in [9.17, 15) is 0 Å². The van der Waals surface area contributed by atoms with Gasteiger partial charge in [0.2, 0.25) is 0 Å². The molecule has 3 heterocycles. The van der Waals surface area contributed by atoms with Crippen LogP contribution in [0.1, 0.15) is 34.0 Å². The van der Waals surface area contributed by atoms with Crippen LogP contribution < -0.4 is 11.1 Å². The zero-order chi connectivity index (χ0) is 20.4. The topological polar surface area (TPSA) is 89.9 Å². The van der Waals surface area contributed by atoms with E-state index in [4.69, 9.17) is 21.8 Å². The molecule has 0 aliphatic carbocycles. The third-order valence-corrected chi connectivity index (χ3v) is 5.05. The van der Waals surface area contributed by atoms with Gasteiger partial charge in [-0.15, -0.1) is 0 Å². The van der Waals surface area contributed by atoms with Crippen LogP contribution in [0, 0.1) is 13.8 Å². The molecule has 7 heteroatoms. The van der Waals surface area contributed by atoms with Gasteiger partial charge in [-0.2, -0.15) is 0 Å². The van der Waals surface area contributed by atoms with Crippen LogP contribution in [0.5, 0.6) is 0 Å². The highest BCUT2D eigenvalue weighted by Crippen LogP contribution is 2.20. The Balaban J connectivity index is 1.39. The number of fused-ring (bicyclic) bond motifs is 1. The largest absolute Gasteiger partial charge is 0.444 e. The predicted molar refractivity (Wildman–Crippen MR) is 115 cm³/mol. The molecular formula is C22H22ClN5O. The van der Waals surface area contributed by atoms with Gasteiger partial charge in [0, 0.05) is 30.2 Å². The van der Waals surface area contributed by atoms with Gasteiger partial charge in [0.15, 0.2) is 5.89 Å². The summed E-state index contributed by atoms with van der Waals surface area (Å²) in [5.74, 6) is 2.03. The number of nitrogens with one attached hydrogen (secondary N) is 1. The quantitative estimate of drug-likeness (QED) is 0.493. The van der Waals surface area contributed by atoms with Gasteiger partial charge in [0.25, 0.3) is 0 Å². The van der Waals surface area contributed by atoms with E-state index in [2.05, 4.69) is 26.3 Å². The first-order valence-electron chi connectivity index (χ1n) is 9.39. The van der Waals surface area contributed by atoms with Gasteiger partial charge in [-0.25, -0.2) is 9.97 Å². The molecule has 0 radical (unpaired) electrons. The highest BCUT2D eigenvalue weighted by atomic mass is 35.5. The number of nitrogens with zero attached hydrogens (tertiary/aromatic N) is 3. The lowest BCUT2D eigenvalue weighted by atomic mass is 10.1. The fourth-order valence-electron chi connectivity index (χ4n) is 3.42. The summed E-state index contributed by atoms with van der Waals surface area (Å²) in [6.07, 6.45) is 4.03. The van der Waals surface area contributed by atoms with Crippen LogP contribution in [-0.4, -0.2) is 15.0 Å². The minimum absolute atomic E-state index is 0.551. The van der Waals surface area contributed by atoms with Gasteiger partial charge in [-0.1, -0.05) is 17.7 Å². The monoisotopic (exact) mass is 407 g/mol. The maximum atomic E-state index is 6.04. The Labute approximate surface area is 174 Å². The zero-order valence-corrected chi connectivity index (χ0v) is 17.1. The van der Waals surface area contributed by atoms with Crippen molar-refractivity contribution in [2.45, 2.75) is 33.4 Å². The molecule has 3 N–H and O–H groups in total. The molecule has 0 fully saturated rings. The Morgan fingerprint density at radius 1 is 1.07 bits per heavy atom. The summed E-state index contributed by atoms with van der Waals surface area (Å²) in [6, 6.07) is 9.88. The molecule has 0 spiro atoms. The molecule has 4 aromatic rings. The van der Waals surface area contributed by atoms with Gasteiger partial charge in [0.1, 0.15) is 11.6 Å². The number of nitrogens with two attached hydrogens (primary N) is 1. The third kappa shape index (κ3) is 4.55. The average molecular weight is 408 g/mol. The summed E-state index contributed by atoms with van der Waals surface area (Å²) in [4.78, 5) is 13.0. The van der Waals surface area contributed by atoms with E-state index in [0.717, 1.165) is 39.0 Å². The maximum absolute atomic E-state index is 6.04. The summed E-state index contributed by atoms with van der Waals surface area (Å²) >= 11 is 6.04. The Bertz CT molecular complexity index is 1150. The number of hydrogen-bond donors (Lipinski definition) is 2. The van der Waals surface area contributed by atoms with Crippen molar-refractivity contribution in [1.82, 2.24) is 20.3 Å². The highest BCUT2D eigenvalue weighted by Gasteiger charge is 2.09. The van der Waals surface area contributed by atoms with E-state index < -0.39 is 0 Å². The summed E-state index contributed by atoms with van der Waals surface area (Å²) in [5, 5.41) is 5.02. The highest BCUT2D eigenvalue weighted by molar-refractivity contribution is 6.31. The number of oxazole rings is 1. The summed E-state index contributed by atoms with van der Waals surface area (Å²) in [7, 11) is 0. The number of pyridine rings is 2. The fourth-order valence-corrected chi connectivity index (χ4v) is 3.58. The van der Waals surface area contributed by atoms with E-state index >= 15 is 0 Å². The van der Waals surface area contributed by atoms with Gasteiger partial charge in [-0.3, -0.25) is 4.98 Å². The molecule has 1 aromatic carbocycles. The van der Waals surface area contributed by atoms with E-state index in [1.165, 1.54) is 0 Å². The van der Waals surface area contributed by atoms with Crippen molar-refractivity contribution in [1.29, 1.82) is 0 Å². The molecule has 0 atom stereocenters. The second-order valence-corrected chi connectivity index (χ2v) is 7.55. The molecule has 29 heavy (non-hydrogen) atoms. The van der Waals surface area contributed by atoms with Crippen LogP contribution in [0.4, 0.5) is 5.82 Å². The molecule has 0 aliphatic heterocycles. The lowest BCUT2D eigenvalue weighted by molar-refractivity contribution is 0.445. The Morgan fingerprint density at radius 2 is 1.93 bits per heavy atom. The van der Waals surface area contributed by atoms with Crippen molar-refractivity contribution < 1.29 is 4.42 Å². The van der Waals surface area contributed by atoms with Gasteiger partial charge < -0.3 is 15.5 Å². The molecule has 0 amide bonds. The van der Waals surface area contributed by atoms with Gasteiger partial charge in [0.05, 0.1) is 23.3 Å². The molecule has 0 saturated carbocycles. The first kappa shape index (κ1) is 19.4. The van der Waals surface area contributed by atoms with Crippen molar-refractivity contribution in [3.63, 3.8) is 0 Å². The minimum atomic E-state index is 0.551. The Kier molecular flexibility index (Phi) is 5.47. The standard InChI is InChI=1S/C22H22ClN5O/c1-13-5-21(24)28-14(2)19(13)12-25-10-18-11-27-22(29-18)7-15-3-4-20-16(6-15)8-17(23)9-26-20/h3-6,8-9,11,25H,7,10,12H2,1-2H3,(H2,24,28). The lowest BCUT2D eigenvalue weighted by Crippen LogP contribution is -2.15. The average Bonchev–Trinajstić information content (AvgIpc) is 3.10. The van der Waals surface area contributed by atoms with Crippen molar-refractivity contribution in [2.75, 3.05) is 5.73 Å². The first-order chi connectivity index (χ1) is 14.0. The smallest absolute Gasteiger partial charge is 0.198 e. The minimum Gasteiger partial charge on any atom is -0.444 e. The molecule has 0 saturated heterocycles. The number of aryl methyl sites for hydroxylation is 2. The summed E-state index contributed by atoms with van der Waals surface area (Å²) in [5.41, 5.74) is 11.0. The maximum Gasteiger partial charge on any atom is 0.198 e. The number of aromatic nitrogens is 3. The van der Waals surface area contributed by atoms with Crippen molar-refractivity contribution in [3.05, 3.63) is 81.8 Å². The van der Waals surface area contributed by atoms with E-state index in [1.54, 1.807) is 12.4 Å². The van der Waals surface area contributed by atoms with E-state index in [1.807, 2.05) is 38.1 Å². The van der Waals surface area contributed by atoms with Crippen LogP contribution in [0.25, 0.3) is 10.9 Å². The molecule has 4 rings (SSSR count). The van der Waals surface area contributed by atoms with Gasteiger partial charge >= 0.3 is 0 Å². The van der Waals surface area contributed by atoms with E-state index in [-0.39, 0.29) is 0 Å². The third-order valence-electron chi connectivity index (χ3n) is 4.84. The van der Waals surface area contributed by atoms with Crippen molar-refractivity contribution >= 4 is 28.3 Å².